The average molecular weight is 391 g/mol. The molecule has 3 aromatic rings. The summed E-state index contributed by atoms with van der Waals surface area (Å²) in [6.45, 7) is 2.22. The number of thiazole rings is 1. The lowest BCUT2D eigenvalue weighted by atomic mass is 10.1. The van der Waals surface area contributed by atoms with Crippen LogP contribution in [0.15, 0.2) is 46.8 Å². The maximum absolute atomic E-state index is 12.5. The lowest BCUT2D eigenvalue weighted by molar-refractivity contribution is -0.121. The van der Waals surface area contributed by atoms with E-state index in [1.807, 2.05) is 36.9 Å². The Hall–Kier alpha value is -2.38. The third-order valence-corrected chi connectivity index (χ3v) is 5.30. The summed E-state index contributed by atoms with van der Waals surface area (Å²) in [7, 11) is 1.88. The van der Waals surface area contributed by atoms with Crippen LogP contribution in [0, 0.1) is 6.92 Å². The molecular formula is C18H19ClN4O2S. The highest BCUT2D eigenvalue weighted by atomic mass is 35.5. The van der Waals surface area contributed by atoms with Crippen molar-refractivity contribution >= 4 is 28.8 Å². The van der Waals surface area contributed by atoms with Crippen LogP contribution < -0.4 is 10.2 Å². The van der Waals surface area contributed by atoms with E-state index in [1.165, 1.54) is 0 Å². The first-order chi connectivity index (χ1) is 12.5. The van der Waals surface area contributed by atoms with Crippen LogP contribution in [-0.4, -0.2) is 20.0 Å². The monoisotopic (exact) mass is 390 g/mol. The number of nitrogens with zero attached hydrogens (tertiary/aromatic N) is 3. The molecule has 136 valence electrons. The van der Waals surface area contributed by atoms with Gasteiger partial charge in [-0.2, -0.15) is 0 Å². The molecule has 0 bridgehead atoms. The molecule has 1 amide bonds. The van der Waals surface area contributed by atoms with Gasteiger partial charge in [-0.3, -0.25) is 9.59 Å². The molecule has 0 spiro atoms. The fourth-order valence-corrected chi connectivity index (χ4v) is 3.62. The van der Waals surface area contributed by atoms with Crippen molar-refractivity contribution < 1.29 is 4.79 Å². The smallest absolute Gasteiger partial charge is 0.307 e. The summed E-state index contributed by atoms with van der Waals surface area (Å²) in [6.07, 6.45) is 3.74. The van der Waals surface area contributed by atoms with Crippen LogP contribution in [0.4, 0.5) is 0 Å². The number of nitrogens with one attached hydrogen (secondary N) is 1. The van der Waals surface area contributed by atoms with Crippen LogP contribution >= 0.6 is 22.9 Å². The quantitative estimate of drug-likeness (QED) is 0.703. The Bertz CT molecular complexity index is 958. The van der Waals surface area contributed by atoms with Crippen LogP contribution in [0.1, 0.15) is 29.5 Å². The van der Waals surface area contributed by atoms with E-state index in [2.05, 4.69) is 10.3 Å². The van der Waals surface area contributed by atoms with Gasteiger partial charge in [0, 0.05) is 48.5 Å². The number of benzene rings is 1. The summed E-state index contributed by atoms with van der Waals surface area (Å²) >= 11 is 7.12. The highest BCUT2D eigenvalue weighted by Crippen LogP contribution is 2.22. The minimum absolute atomic E-state index is 0.0475. The van der Waals surface area contributed by atoms with Crippen LogP contribution in [0.3, 0.4) is 0 Å². The fraction of sp³-hybridized carbons (Fsp3) is 0.278. The third kappa shape index (κ3) is 4.05. The summed E-state index contributed by atoms with van der Waals surface area (Å²) in [5.41, 5.74) is 1.76. The predicted octanol–water partition coefficient (Wildman–Crippen LogP) is 2.90. The number of hydrogen-bond donors (Lipinski definition) is 1. The molecule has 0 fully saturated rings. The second kappa shape index (κ2) is 7.88. The number of hydrogen-bond acceptors (Lipinski definition) is 4. The van der Waals surface area contributed by atoms with Crippen molar-refractivity contribution in [3.63, 3.8) is 0 Å². The Labute approximate surface area is 160 Å². The van der Waals surface area contributed by atoms with Crippen molar-refractivity contribution in [1.29, 1.82) is 0 Å². The fourth-order valence-electron chi connectivity index (χ4n) is 2.73. The summed E-state index contributed by atoms with van der Waals surface area (Å²) in [6, 6.07) is 6.92. The Balaban J connectivity index is 1.77. The molecule has 0 saturated carbocycles. The van der Waals surface area contributed by atoms with E-state index < -0.39 is 0 Å². The molecule has 0 aliphatic rings. The largest absolute Gasteiger partial charge is 0.342 e. The molecule has 0 aliphatic carbocycles. The maximum Gasteiger partial charge on any atom is 0.307 e. The highest BCUT2D eigenvalue weighted by molar-refractivity contribution is 7.07. The maximum atomic E-state index is 12.5. The molecule has 0 unspecified atom stereocenters. The van der Waals surface area contributed by atoms with E-state index in [1.54, 1.807) is 28.3 Å². The highest BCUT2D eigenvalue weighted by Gasteiger charge is 2.20. The van der Waals surface area contributed by atoms with Gasteiger partial charge >= 0.3 is 4.87 Å². The van der Waals surface area contributed by atoms with Gasteiger partial charge in [-0.05, 0) is 24.6 Å². The van der Waals surface area contributed by atoms with Crippen molar-refractivity contribution in [2.45, 2.75) is 25.9 Å². The molecule has 1 aromatic carbocycles. The Morgan fingerprint density at radius 1 is 1.35 bits per heavy atom. The second-order valence-electron chi connectivity index (χ2n) is 5.99. The molecule has 1 atom stereocenters. The van der Waals surface area contributed by atoms with Gasteiger partial charge in [-0.25, -0.2) is 4.98 Å². The summed E-state index contributed by atoms with van der Waals surface area (Å²) in [5.74, 6) is 0.579. The number of imidazole rings is 1. The molecule has 0 radical (unpaired) electrons. The molecule has 0 saturated heterocycles. The molecular weight excluding hydrogens is 372 g/mol. The van der Waals surface area contributed by atoms with E-state index in [0.29, 0.717) is 11.6 Å². The van der Waals surface area contributed by atoms with Crippen LogP contribution in [0.2, 0.25) is 5.02 Å². The van der Waals surface area contributed by atoms with Crippen LogP contribution in [0.25, 0.3) is 0 Å². The topological polar surface area (TPSA) is 68.9 Å². The van der Waals surface area contributed by atoms with E-state index in [-0.39, 0.29) is 23.2 Å². The molecule has 2 aromatic heterocycles. The van der Waals surface area contributed by atoms with Crippen molar-refractivity contribution in [2.75, 3.05) is 0 Å². The molecule has 6 nitrogen and oxygen atoms in total. The van der Waals surface area contributed by atoms with Gasteiger partial charge in [0.1, 0.15) is 11.9 Å². The Morgan fingerprint density at radius 3 is 2.65 bits per heavy atom. The van der Waals surface area contributed by atoms with Crippen LogP contribution in [-0.2, 0) is 18.4 Å². The standard InChI is InChI=1S/C18H19ClN4O2S/c1-12-11-26-18(25)23(12)9-7-15(24)21-16(17-20-8-10-22(17)2)13-3-5-14(19)6-4-13/h3-6,8,10-11,16H,7,9H2,1-2H3,(H,21,24)/t16-/m0/s1. The molecule has 8 heteroatoms. The normalized spacial score (nSPS) is 12.1. The van der Waals surface area contributed by atoms with Crippen molar-refractivity contribution in [3.05, 3.63) is 73.8 Å². The zero-order valence-electron chi connectivity index (χ0n) is 14.5. The minimum atomic E-state index is -0.389. The van der Waals surface area contributed by atoms with Crippen molar-refractivity contribution in [1.82, 2.24) is 19.4 Å². The van der Waals surface area contributed by atoms with E-state index in [4.69, 9.17) is 11.6 Å². The van der Waals surface area contributed by atoms with Gasteiger partial charge < -0.3 is 14.5 Å². The zero-order chi connectivity index (χ0) is 18.7. The molecule has 1 N–H and O–H groups in total. The predicted molar refractivity (Wildman–Crippen MR) is 103 cm³/mol. The summed E-state index contributed by atoms with van der Waals surface area (Å²) in [4.78, 5) is 28.6. The molecule has 2 heterocycles. The minimum Gasteiger partial charge on any atom is -0.342 e. The van der Waals surface area contributed by atoms with Gasteiger partial charge in [0.15, 0.2) is 0 Å². The Kier molecular flexibility index (Phi) is 5.58. The van der Waals surface area contributed by atoms with Crippen molar-refractivity contribution in [2.24, 2.45) is 7.05 Å². The molecule has 0 aliphatic heterocycles. The number of carbonyl (C=O) groups is 1. The first kappa shape index (κ1) is 18.4. The lowest BCUT2D eigenvalue weighted by Gasteiger charge is -2.19. The summed E-state index contributed by atoms with van der Waals surface area (Å²) in [5, 5.41) is 5.45. The SMILES string of the molecule is Cc1csc(=O)n1CCC(=O)N[C@@H](c1ccc(Cl)cc1)c1nccn1C. The van der Waals surface area contributed by atoms with Gasteiger partial charge in [0.2, 0.25) is 5.91 Å². The number of aryl methyl sites for hydroxylation is 2. The Morgan fingerprint density at radius 2 is 2.08 bits per heavy atom. The van der Waals surface area contributed by atoms with Gasteiger partial charge in [-0.1, -0.05) is 35.1 Å². The lowest BCUT2D eigenvalue weighted by Crippen LogP contribution is -2.32. The molecule has 3 rings (SSSR count). The van der Waals surface area contributed by atoms with Gasteiger partial charge in [-0.15, -0.1) is 0 Å². The zero-order valence-corrected chi connectivity index (χ0v) is 16.0. The number of rotatable bonds is 6. The van der Waals surface area contributed by atoms with Crippen molar-refractivity contribution in [3.8, 4) is 0 Å². The third-order valence-electron chi connectivity index (χ3n) is 4.16. The van der Waals surface area contributed by atoms with Crippen LogP contribution in [0.5, 0.6) is 0 Å². The summed E-state index contributed by atoms with van der Waals surface area (Å²) < 4.78 is 3.48. The number of amides is 1. The second-order valence-corrected chi connectivity index (χ2v) is 7.25. The van der Waals surface area contributed by atoms with Gasteiger partial charge in [0.05, 0.1) is 0 Å². The van der Waals surface area contributed by atoms with E-state index in [9.17, 15) is 9.59 Å². The molecule has 26 heavy (non-hydrogen) atoms. The number of halogens is 1. The van der Waals surface area contributed by atoms with E-state index >= 15 is 0 Å². The number of aromatic nitrogens is 3. The first-order valence-corrected chi connectivity index (χ1v) is 9.38. The van der Waals surface area contributed by atoms with Gasteiger partial charge in [0.25, 0.3) is 0 Å². The number of carbonyl (C=O) groups excluding carboxylic acids is 1. The van der Waals surface area contributed by atoms with E-state index in [0.717, 1.165) is 28.4 Å². The first-order valence-electron chi connectivity index (χ1n) is 8.12. The average Bonchev–Trinajstić information content (AvgIpc) is 3.17.